The Morgan fingerprint density at radius 1 is 1.16 bits per heavy atom. The Morgan fingerprint density at radius 3 is 2.26 bits per heavy atom. The van der Waals surface area contributed by atoms with E-state index in [4.69, 9.17) is 5.73 Å². The number of rotatable bonds is 6. The van der Waals surface area contributed by atoms with Crippen LogP contribution in [0.1, 0.15) is 46.1 Å². The van der Waals surface area contributed by atoms with Gasteiger partial charge in [-0.05, 0) is 46.1 Å². The molecule has 0 heterocycles. The smallest absolute Gasteiger partial charge is 0.222 e. The van der Waals surface area contributed by atoms with Crippen molar-refractivity contribution >= 4 is 5.91 Å². The molecule has 0 spiro atoms. The van der Waals surface area contributed by atoms with E-state index >= 15 is 0 Å². The van der Waals surface area contributed by atoms with Crippen LogP contribution in [-0.4, -0.2) is 17.0 Å². The third-order valence-corrected chi connectivity index (χ3v) is 2.98. The van der Waals surface area contributed by atoms with Gasteiger partial charge in [-0.1, -0.05) is 30.3 Å². The van der Waals surface area contributed by atoms with Crippen LogP contribution >= 0.6 is 0 Å². The number of nitrogens with one attached hydrogen (secondary N) is 1. The van der Waals surface area contributed by atoms with Crippen LogP contribution in [0.25, 0.3) is 0 Å². The average molecular weight is 262 g/mol. The number of carbonyl (C=O) groups is 1. The molecule has 1 aromatic rings. The van der Waals surface area contributed by atoms with Crippen molar-refractivity contribution in [1.82, 2.24) is 5.32 Å². The van der Waals surface area contributed by atoms with Crippen LogP contribution < -0.4 is 11.1 Å². The van der Waals surface area contributed by atoms with Gasteiger partial charge in [0, 0.05) is 17.5 Å². The fourth-order valence-corrected chi connectivity index (χ4v) is 2.00. The second kappa shape index (κ2) is 6.20. The van der Waals surface area contributed by atoms with Crippen molar-refractivity contribution in [2.75, 3.05) is 0 Å². The lowest BCUT2D eigenvalue weighted by molar-refractivity contribution is -0.123. The van der Waals surface area contributed by atoms with Gasteiger partial charge in [0.05, 0.1) is 0 Å². The van der Waals surface area contributed by atoms with Crippen molar-refractivity contribution in [3.8, 4) is 0 Å². The van der Waals surface area contributed by atoms with Crippen LogP contribution in [0, 0.1) is 0 Å². The highest BCUT2D eigenvalue weighted by atomic mass is 16.1. The van der Waals surface area contributed by atoms with E-state index in [1.165, 1.54) is 5.56 Å². The second-order valence-electron chi connectivity index (χ2n) is 6.58. The summed E-state index contributed by atoms with van der Waals surface area (Å²) in [6.07, 6.45) is 2.22. The molecule has 0 unspecified atom stereocenters. The zero-order valence-electron chi connectivity index (χ0n) is 12.5. The van der Waals surface area contributed by atoms with Crippen LogP contribution in [0.15, 0.2) is 30.3 Å². The minimum atomic E-state index is -0.459. The van der Waals surface area contributed by atoms with E-state index in [-0.39, 0.29) is 11.4 Å². The van der Waals surface area contributed by atoms with Gasteiger partial charge in [-0.15, -0.1) is 0 Å². The first-order valence-electron chi connectivity index (χ1n) is 6.82. The molecule has 0 aromatic heterocycles. The van der Waals surface area contributed by atoms with Gasteiger partial charge in [0.25, 0.3) is 0 Å². The molecule has 0 aliphatic rings. The standard InChI is InChI=1S/C16H26N2O/c1-15(2,17)12-14(19)18-16(3,4)11-10-13-8-6-5-7-9-13/h5-9H,10-12,17H2,1-4H3,(H,18,19). The SMILES string of the molecule is CC(C)(N)CC(=O)NC(C)(C)CCc1ccccc1. The summed E-state index contributed by atoms with van der Waals surface area (Å²) in [5.41, 5.74) is 6.49. The molecule has 0 atom stereocenters. The zero-order chi connectivity index (χ0) is 14.5. The van der Waals surface area contributed by atoms with Gasteiger partial charge >= 0.3 is 0 Å². The fraction of sp³-hybridized carbons (Fsp3) is 0.562. The molecule has 0 bridgehead atoms. The number of amides is 1. The van der Waals surface area contributed by atoms with Crippen molar-refractivity contribution in [3.05, 3.63) is 35.9 Å². The third kappa shape index (κ3) is 6.97. The highest BCUT2D eigenvalue weighted by Gasteiger charge is 2.23. The van der Waals surface area contributed by atoms with Crippen molar-refractivity contribution in [2.24, 2.45) is 5.73 Å². The Labute approximate surface area is 116 Å². The largest absolute Gasteiger partial charge is 0.351 e. The first-order valence-corrected chi connectivity index (χ1v) is 6.82. The summed E-state index contributed by atoms with van der Waals surface area (Å²) in [6.45, 7) is 7.84. The normalized spacial score (nSPS) is 12.3. The molecular weight excluding hydrogens is 236 g/mol. The lowest BCUT2D eigenvalue weighted by Crippen LogP contribution is -2.47. The Hall–Kier alpha value is -1.35. The van der Waals surface area contributed by atoms with Crippen LogP contribution in [0.2, 0.25) is 0 Å². The van der Waals surface area contributed by atoms with E-state index in [9.17, 15) is 4.79 Å². The predicted molar refractivity (Wildman–Crippen MR) is 79.9 cm³/mol. The minimum absolute atomic E-state index is 0.0190. The van der Waals surface area contributed by atoms with Crippen LogP contribution in [0.4, 0.5) is 0 Å². The summed E-state index contributed by atoms with van der Waals surface area (Å²) in [5, 5.41) is 3.06. The highest BCUT2D eigenvalue weighted by Crippen LogP contribution is 2.14. The molecular formula is C16H26N2O. The zero-order valence-corrected chi connectivity index (χ0v) is 12.5. The molecule has 0 radical (unpaired) electrons. The summed E-state index contributed by atoms with van der Waals surface area (Å²) in [4.78, 5) is 11.9. The lowest BCUT2D eigenvalue weighted by atomic mass is 9.94. The maximum Gasteiger partial charge on any atom is 0.222 e. The predicted octanol–water partition coefficient (Wildman–Crippen LogP) is 2.64. The van der Waals surface area contributed by atoms with Gasteiger partial charge in [-0.2, -0.15) is 0 Å². The van der Waals surface area contributed by atoms with Crippen molar-refractivity contribution in [3.63, 3.8) is 0 Å². The summed E-state index contributed by atoms with van der Waals surface area (Å²) >= 11 is 0. The Bertz CT molecular complexity index is 405. The number of benzene rings is 1. The monoisotopic (exact) mass is 262 g/mol. The molecule has 1 rings (SSSR count). The summed E-state index contributed by atoms with van der Waals surface area (Å²) < 4.78 is 0. The third-order valence-electron chi connectivity index (χ3n) is 2.98. The molecule has 0 aliphatic heterocycles. The topological polar surface area (TPSA) is 55.1 Å². The van der Waals surface area contributed by atoms with E-state index in [0.29, 0.717) is 6.42 Å². The van der Waals surface area contributed by atoms with Gasteiger partial charge in [0.2, 0.25) is 5.91 Å². The second-order valence-corrected chi connectivity index (χ2v) is 6.58. The number of carbonyl (C=O) groups excluding carboxylic acids is 1. The molecule has 3 N–H and O–H groups in total. The van der Waals surface area contributed by atoms with Crippen LogP contribution in [0.3, 0.4) is 0 Å². The van der Waals surface area contributed by atoms with Gasteiger partial charge in [-0.3, -0.25) is 4.79 Å². The van der Waals surface area contributed by atoms with Crippen molar-refractivity contribution < 1.29 is 4.79 Å². The molecule has 1 aromatic carbocycles. The minimum Gasteiger partial charge on any atom is -0.351 e. The van der Waals surface area contributed by atoms with Crippen LogP contribution in [0.5, 0.6) is 0 Å². The Kier molecular flexibility index (Phi) is 5.12. The van der Waals surface area contributed by atoms with Gasteiger partial charge in [0.1, 0.15) is 0 Å². The molecule has 0 saturated carbocycles. The molecule has 0 saturated heterocycles. The number of hydrogen-bond acceptors (Lipinski definition) is 2. The average Bonchev–Trinajstić information content (AvgIpc) is 2.24. The highest BCUT2D eigenvalue weighted by molar-refractivity contribution is 5.77. The van der Waals surface area contributed by atoms with Gasteiger partial charge < -0.3 is 11.1 Å². The number of nitrogens with two attached hydrogens (primary N) is 1. The molecule has 3 nitrogen and oxygen atoms in total. The maximum absolute atomic E-state index is 11.9. The summed E-state index contributed by atoms with van der Waals surface area (Å²) in [5.74, 6) is 0.0190. The Morgan fingerprint density at radius 2 is 1.74 bits per heavy atom. The quantitative estimate of drug-likeness (QED) is 0.828. The van der Waals surface area contributed by atoms with E-state index in [1.54, 1.807) is 0 Å². The van der Waals surface area contributed by atoms with Crippen LogP contribution in [-0.2, 0) is 11.2 Å². The lowest BCUT2D eigenvalue weighted by Gasteiger charge is -2.28. The van der Waals surface area contributed by atoms with E-state index in [2.05, 4.69) is 31.3 Å². The van der Waals surface area contributed by atoms with E-state index < -0.39 is 5.54 Å². The molecule has 19 heavy (non-hydrogen) atoms. The molecule has 3 heteroatoms. The Balaban J connectivity index is 2.45. The van der Waals surface area contributed by atoms with Gasteiger partial charge in [0.15, 0.2) is 0 Å². The fourth-order valence-electron chi connectivity index (χ4n) is 2.00. The molecule has 1 amide bonds. The van der Waals surface area contributed by atoms with Crippen molar-refractivity contribution in [2.45, 2.75) is 58.0 Å². The maximum atomic E-state index is 11.9. The molecule has 0 aliphatic carbocycles. The molecule has 0 fully saturated rings. The molecule has 106 valence electrons. The first kappa shape index (κ1) is 15.7. The number of hydrogen-bond donors (Lipinski definition) is 2. The summed E-state index contributed by atoms with van der Waals surface area (Å²) in [6, 6.07) is 10.3. The number of aryl methyl sites for hydroxylation is 1. The first-order chi connectivity index (χ1) is 8.68. The van der Waals surface area contributed by atoms with Gasteiger partial charge in [-0.25, -0.2) is 0 Å². The van der Waals surface area contributed by atoms with Crippen molar-refractivity contribution in [1.29, 1.82) is 0 Å². The van der Waals surface area contributed by atoms with E-state index in [1.807, 2.05) is 32.0 Å². The summed E-state index contributed by atoms with van der Waals surface area (Å²) in [7, 11) is 0. The van der Waals surface area contributed by atoms with E-state index in [0.717, 1.165) is 12.8 Å².